The Morgan fingerprint density at radius 1 is 1.29 bits per heavy atom. The molecule has 0 radical (unpaired) electrons. The van der Waals surface area contributed by atoms with Gasteiger partial charge >= 0.3 is 5.97 Å². The predicted octanol–water partition coefficient (Wildman–Crippen LogP) is 1.79. The molecule has 3 nitrogen and oxygen atoms in total. The molecule has 1 aliphatic carbocycles. The fourth-order valence-electron chi connectivity index (χ4n) is 1.72. The molecule has 0 N–H and O–H groups in total. The predicted molar refractivity (Wildman–Crippen MR) is 48.6 cm³/mol. The highest BCUT2D eigenvalue weighted by molar-refractivity contribution is 6.36. The molecule has 1 aliphatic rings. The van der Waals surface area contributed by atoms with Crippen LogP contribution in [0.25, 0.3) is 0 Å². The molecular weight excluding hydrogens is 187 g/mol. The summed E-state index contributed by atoms with van der Waals surface area (Å²) in [6.45, 7) is 1.71. The maximum atomic E-state index is 13.9. The monoisotopic (exact) mass is 202 g/mol. The number of hydrogen-bond acceptors (Lipinski definition) is 3. The van der Waals surface area contributed by atoms with E-state index in [0.29, 0.717) is 12.8 Å². The van der Waals surface area contributed by atoms with Crippen molar-refractivity contribution in [2.24, 2.45) is 0 Å². The number of esters is 1. The Hall–Kier alpha value is -0.930. The lowest BCUT2D eigenvalue weighted by Gasteiger charge is -2.26. The molecule has 4 heteroatoms. The second-order valence-corrected chi connectivity index (χ2v) is 3.58. The number of ether oxygens (including phenoxy) is 1. The summed E-state index contributed by atoms with van der Waals surface area (Å²) >= 11 is 0. The van der Waals surface area contributed by atoms with Gasteiger partial charge in [0, 0.05) is 0 Å². The van der Waals surface area contributed by atoms with Crippen LogP contribution in [0.2, 0.25) is 0 Å². The zero-order chi connectivity index (χ0) is 10.6. The van der Waals surface area contributed by atoms with E-state index in [1.807, 2.05) is 0 Å². The van der Waals surface area contributed by atoms with Crippen molar-refractivity contribution in [2.75, 3.05) is 6.61 Å². The van der Waals surface area contributed by atoms with E-state index in [0.717, 1.165) is 6.42 Å². The number of carbonyl (C=O) groups excluding carboxylic acids is 2. The molecule has 0 atom stereocenters. The average molecular weight is 202 g/mol. The first kappa shape index (κ1) is 11.1. The number of halogens is 1. The molecular formula is C10H15FO3. The first-order valence-corrected chi connectivity index (χ1v) is 5.00. The number of alkyl halides is 1. The van der Waals surface area contributed by atoms with Crippen LogP contribution in [0.1, 0.15) is 39.0 Å². The van der Waals surface area contributed by atoms with Crippen LogP contribution in [0.3, 0.4) is 0 Å². The molecule has 0 heterocycles. The summed E-state index contributed by atoms with van der Waals surface area (Å²) in [5, 5.41) is 0. The third-order valence-electron chi connectivity index (χ3n) is 2.51. The van der Waals surface area contributed by atoms with E-state index in [4.69, 9.17) is 0 Å². The molecule has 1 rings (SSSR count). The zero-order valence-corrected chi connectivity index (χ0v) is 8.35. The highest BCUT2D eigenvalue weighted by atomic mass is 19.1. The van der Waals surface area contributed by atoms with Gasteiger partial charge in [0.25, 0.3) is 5.78 Å². The summed E-state index contributed by atoms with van der Waals surface area (Å²) < 4.78 is 18.4. The maximum absolute atomic E-state index is 13.9. The molecule has 0 aromatic heterocycles. The molecule has 0 aliphatic heterocycles. The molecule has 0 aromatic rings. The Morgan fingerprint density at radius 3 is 2.36 bits per heavy atom. The second-order valence-electron chi connectivity index (χ2n) is 3.58. The summed E-state index contributed by atoms with van der Waals surface area (Å²) in [6, 6.07) is 0. The third-order valence-corrected chi connectivity index (χ3v) is 2.51. The maximum Gasteiger partial charge on any atom is 0.378 e. The quantitative estimate of drug-likeness (QED) is 0.517. The van der Waals surface area contributed by atoms with Crippen LogP contribution in [0.5, 0.6) is 0 Å². The molecule has 80 valence electrons. The van der Waals surface area contributed by atoms with E-state index in [2.05, 4.69) is 4.74 Å². The summed E-state index contributed by atoms with van der Waals surface area (Å²) in [7, 11) is 0. The summed E-state index contributed by atoms with van der Waals surface area (Å²) in [5.74, 6) is -2.03. The smallest absolute Gasteiger partial charge is 0.378 e. The molecule has 1 fully saturated rings. The first-order chi connectivity index (χ1) is 6.60. The Bertz CT molecular complexity index is 232. The van der Waals surface area contributed by atoms with Gasteiger partial charge in [-0.25, -0.2) is 9.18 Å². The van der Waals surface area contributed by atoms with Crippen molar-refractivity contribution in [3.8, 4) is 0 Å². The van der Waals surface area contributed by atoms with E-state index in [1.54, 1.807) is 6.92 Å². The van der Waals surface area contributed by atoms with Crippen LogP contribution in [0, 0.1) is 0 Å². The summed E-state index contributed by atoms with van der Waals surface area (Å²) in [5.41, 5.74) is -1.95. The Kier molecular flexibility index (Phi) is 3.61. The van der Waals surface area contributed by atoms with Crippen LogP contribution in [0.15, 0.2) is 0 Å². The van der Waals surface area contributed by atoms with Crippen LogP contribution in [-0.4, -0.2) is 24.0 Å². The van der Waals surface area contributed by atoms with Crippen molar-refractivity contribution in [1.29, 1.82) is 0 Å². The molecule has 0 unspecified atom stereocenters. The van der Waals surface area contributed by atoms with Gasteiger partial charge in [-0.05, 0) is 32.6 Å². The van der Waals surface area contributed by atoms with Gasteiger partial charge in [0.2, 0.25) is 0 Å². The van der Waals surface area contributed by atoms with Gasteiger partial charge in [-0.2, -0.15) is 0 Å². The highest BCUT2D eigenvalue weighted by Crippen LogP contribution is 2.32. The van der Waals surface area contributed by atoms with Gasteiger partial charge < -0.3 is 4.74 Å². The fourth-order valence-corrected chi connectivity index (χ4v) is 1.72. The van der Waals surface area contributed by atoms with Crippen molar-refractivity contribution < 1.29 is 18.7 Å². The van der Waals surface area contributed by atoms with Crippen molar-refractivity contribution in [1.82, 2.24) is 0 Å². The number of Topliss-reactive ketones (excluding diaryl/α,β-unsaturated/α-hetero) is 1. The average Bonchev–Trinajstić information content (AvgIpc) is 2.18. The Labute approximate surface area is 82.6 Å². The summed E-state index contributed by atoms with van der Waals surface area (Å²) in [6.07, 6.45) is 2.58. The van der Waals surface area contributed by atoms with Gasteiger partial charge in [-0.15, -0.1) is 0 Å². The second kappa shape index (κ2) is 4.53. The van der Waals surface area contributed by atoms with Crippen molar-refractivity contribution >= 4 is 11.8 Å². The van der Waals surface area contributed by atoms with E-state index in [-0.39, 0.29) is 19.4 Å². The van der Waals surface area contributed by atoms with Gasteiger partial charge in [0.15, 0.2) is 5.67 Å². The van der Waals surface area contributed by atoms with Crippen molar-refractivity contribution in [2.45, 2.75) is 44.7 Å². The van der Waals surface area contributed by atoms with E-state index < -0.39 is 17.4 Å². The van der Waals surface area contributed by atoms with Crippen LogP contribution >= 0.6 is 0 Å². The minimum atomic E-state index is -1.95. The first-order valence-electron chi connectivity index (χ1n) is 5.00. The van der Waals surface area contributed by atoms with Crippen LogP contribution < -0.4 is 0 Å². The highest BCUT2D eigenvalue weighted by Gasteiger charge is 2.43. The van der Waals surface area contributed by atoms with Gasteiger partial charge in [-0.3, -0.25) is 4.79 Å². The van der Waals surface area contributed by atoms with Crippen molar-refractivity contribution in [3.05, 3.63) is 0 Å². The van der Waals surface area contributed by atoms with Gasteiger partial charge in [0.05, 0.1) is 6.61 Å². The Morgan fingerprint density at radius 2 is 1.86 bits per heavy atom. The number of ketones is 1. The van der Waals surface area contributed by atoms with Crippen molar-refractivity contribution in [3.63, 3.8) is 0 Å². The van der Waals surface area contributed by atoms with E-state index >= 15 is 0 Å². The topological polar surface area (TPSA) is 43.4 Å². The minimum Gasteiger partial charge on any atom is -0.460 e. The molecule has 0 spiro atoms. The molecule has 0 aromatic carbocycles. The molecule has 14 heavy (non-hydrogen) atoms. The lowest BCUT2D eigenvalue weighted by Crippen LogP contribution is -2.41. The molecule has 0 saturated heterocycles. The van der Waals surface area contributed by atoms with Gasteiger partial charge in [0.1, 0.15) is 0 Å². The lowest BCUT2D eigenvalue weighted by molar-refractivity contribution is -0.160. The Balaban J connectivity index is 2.61. The fraction of sp³-hybridized carbons (Fsp3) is 0.800. The lowest BCUT2D eigenvalue weighted by atomic mass is 9.83. The zero-order valence-electron chi connectivity index (χ0n) is 8.35. The minimum absolute atomic E-state index is 0.112. The van der Waals surface area contributed by atoms with E-state index in [1.165, 1.54) is 0 Å². The number of rotatable bonds is 3. The van der Waals surface area contributed by atoms with E-state index in [9.17, 15) is 14.0 Å². The number of hydrogen-bond donors (Lipinski definition) is 0. The normalized spacial score (nSPS) is 20.1. The summed E-state index contributed by atoms with van der Waals surface area (Å²) in [4.78, 5) is 22.4. The standard InChI is InChI=1S/C10H15FO3/c1-2-14-9(13)8(12)10(11)6-4-3-5-7-10/h2-7H2,1H3. The largest absolute Gasteiger partial charge is 0.460 e. The van der Waals surface area contributed by atoms with Crippen LogP contribution in [0.4, 0.5) is 4.39 Å². The van der Waals surface area contributed by atoms with Gasteiger partial charge in [-0.1, -0.05) is 6.42 Å². The molecule has 0 bridgehead atoms. The van der Waals surface area contributed by atoms with Crippen LogP contribution in [-0.2, 0) is 14.3 Å². The molecule has 1 saturated carbocycles. The SMILES string of the molecule is CCOC(=O)C(=O)C1(F)CCCCC1. The molecule has 0 amide bonds. The number of carbonyl (C=O) groups is 2. The third kappa shape index (κ3) is 2.30.